The van der Waals surface area contributed by atoms with Crippen LogP contribution in [0, 0.1) is 11.6 Å². The highest BCUT2D eigenvalue weighted by Gasteiger charge is 2.29. The van der Waals surface area contributed by atoms with Crippen LogP contribution in [0.25, 0.3) is 21.8 Å². The van der Waals surface area contributed by atoms with E-state index in [2.05, 4.69) is 9.97 Å². The lowest BCUT2D eigenvalue weighted by Crippen LogP contribution is -2.26. The number of ether oxygens (including phenoxy) is 8. The van der Waals surface area contributed by atoms with E-state index in [1.165, 1.54) is 48.5 Å². The van der Waals surface area contributed by atoms with E-state index >= 15 is 0 Å². The van der Waals surface area contributed by atoms with Crippen LogP contribution < -0.4 is 37.9 Å². The van der Waals surface area contributed by atoms with Gasteiger partial charge in [0.05, 0.1) is 51.0 Å². The zero-order valence-corrected chi connectivity index (χ0v) is 36.4. The fourth-order valence-electron chi connectivity index (χ4n) is 7.11. The minimum absolute atomic E-state index is 0.258. The van der Waals surface area contributed by atoms with Crippen molar-refractivity contribution < 1.29 is 55.1 Å². The summed E-state index contributed by atoms with van der Waals surface area (Å²) in [6.07, 6.45) is 1.14. The predicted molar refractivity (Wildman–Crippen MR) is 241 cm³/mol. The van der Waals surface area contributed by atoms with Crippen LogP contribution in [0.3, 0.4) is 0 Å². The molecule has 0 saturated carbocycles. The Hall–Kier alpha value is -7.65. The standard InChI is InChI=1S/C50H42F2N2O10S/c1-57-45-25-39-41(27-47(45)59-3)53-23-21-43(39)61-35-13-5-31(6-14-35)49(63-37-17-9-33(51)10-18-37)29-65(55,56)30-50(64-38-19-11-34(52)12-20-38)32-7-15-36(16-8-32)62-44-22-24-54-42-28-48(60-4)46(58-2)26-40(42)44/h5-28,49-50H,29-30H2,1-4H3. The van der Waals surface area contributed by atoms with Crippen molar-refractivity contribution in [1.29, 1.82) is 0 Å². The van der Waals surface area contributed by atoms with Crippen molar-refractivity contribution in [2.45, 2.75) is 12.2 Å². The van der Waals surface area contributed by atoms with Crippen molar-refractivity contribution in [1.82, 2.24) is 9.97 Å². The van der Waals surface area contributed by atoms with E-state index in [9.17, 15) is 17.2 Å². The topological polar surface area (TPSA) is 134 Å². The van der Waals surface area contributed by atoms with Gasteiger partial charge in [-0.15, -0.1) is 0 Å². The second kappa shape index (κ2) is 19.4. The highest BCUT2D eigenvalue weighted by atomic mass is 32.2. The molecule has 332 valence electrons. The summed E-state index contributed by atoms with van der Waals surface area (Å²) in [4.78, 5) is 8.88. The number of hydrogen-bond acceptors (Lipinski definition) is 12. The normalized spacial score (nSPS) is 12.3. The number of nitrogens with zero attached hydrogens (tertiary/aromatic N) is 2. The first-order chi connectivity index (χ1) is 31.5. The molecule has 8 rings (SSSR count). The van der Waals surface area contributed by atoms with Crippen LogP contribution in [0.5, 0.6) is 57.5 Å². The number of fused-ring (bicyclic) bond motifs is 2. The summed E-state index contributed by atoms with van der Waals surface area (Å²) in [6.45, 7) is 0. The summed E-state index contributed by atoms with van der Waals surface area (Å²) < 4.78 is 104. The van der Waals surface area contributed by atoms with Crippen molar-refractivity contribution in [2.24, 2.45) is 0 Å². The van der Waals surface area contributed by atoms with Crippen LogP contribution in [-0.2, 0) is 9.84 Å². The largest absolute Gasteiger partial charge is 0.493 e. The lowest BCUT2D eigenvalue weighted by atomic mass is 10.1. The third-order valence-corrected chi connectivity index (χ3v) is 12.0. The van der Waals surface area contributed by atoms with Gasteiger partial charge in [-0.1, -0.05) is 24.3 Å². The van der Waals surface area contributed by atoms with Gasteiger partial charge in [-0.05, 0) is 108 Å². The van der Waals surface area contributed by atoms with Crippen LogP contribution in [0.4, 0.5) is 8.78 Å². The number of benzene rings is 6. The Bertz CT molecular complexity index is 2830. The summed E-state index contributed by atoms with van der Waals surface area (Å²) in [5, 5.41) is 1.37. The van der Waals surface area contributed by atoms with Crippen LogP contribution in [0.15, 0.2) is 146 Å². The van der Waals surface area contributed by atoms with Gasteiger partial charge in [0.15, 0.2) is 32.8 Å². The second-order valence-corrected chi connectivity index (χ2v) is 16.8. The lowest BCUT2D eigenvalue weighted by Gasteiger charge is -2.23. The maximum absolute atomic E-state index is 14.4. The molecule has 65 heavy (non-hydrogen) atoms. The Kier molecular flexibility index (Phi) is 13.1. The lowest BCUT2D eigenvalue weighted by molar-refractivity contribution is 0.221. The molecule has 0 spiro atoms. The summed E-state index contributed by atoms with van der Waals surface area (Å²) in [5.74, 6) is 2.55. The maximum Gasteiger partial charge on any atom is 0.162 e. The first kappa shape index (κ1) is 44.0. The van der Waals surface area contributed by atoms with Gasteiger partial charge in [-0.25, -0.2) is 17.2 Å². The summed E-state index contributed by atoms with van der Waals surface area (Å²) >= 11 is 0. The summed E-state index contributed by atoms with van der Waals surface area (Å²) in [5.41, 5.74) is 2.27. The van der Waals surface area contributed by atoms with Gasteiger partial charge in [0.1, 0.15) is 58.3 Å². The summed E-state index contributed by atoms with van der Waals surface area (Å²) in [7, 11) is 2.13. The molecule has 0 aliphatic rings. The molecule has 2 atom stereocenters. The van der Waals surface area contributed by atoms with Crippen LogP contribution in [-0.4, -0.2) is 58.3 Å². The first-order valence-corrected chi connectivity index (χ1v) is 22.0. The van der Waals surface area contributed by atoms with Gasteiger partial charge in [-0.3, -0.25) is 9.97 Å². The Morgan fingerprint density at radius 1 is 0.446 bits per heavy atom. The molecule has 0 N–H and O–H groups in total. The Labute approximate surface area is 373 Å². The average Bonchev–Trinajstić information content (AvgIpc) is 3.32. The van der Waals surface area contributed by atoms with E-state index in [1.54, 1.807) is 126 Å². The van der Waals surface area contributed by atoms with E-state index in [-0.39, 0.29) is 11.5 Å². The molecule has 0 radical (unpaired) electrons. The quantitative estimate of drug-likeness (QED) is 0.0811. The maximum atomic E-state index is 14.4. The third-order valence-electron chi connectivity index (χ3n) is 10.4. The van der Waals surface area contributed by atoms with Gasteiger partial charge in [-0.2, -0.15) is 0 Å². The Morgan fingerprint density at radius 2 is 0.785 bits per heavy atom. The number of sulfone groups is 1. The van der Waals surface area contributed by atoms with Crippen molar-refractivity contribution in [3.8, 4) is 57.5 Å². The highest BCUT2D eigenvalue weighted by molar-refractivity contribution is 7.91. The molecule has 2 unspecified atom stereocenters. The minimum atomic E-state index is -4.04. The monoisotopic (exact) mass is 900 g/mol. The van der Waals surface area contributed by atoms with Gasteiger partial charge < -0.3 is 37.9 Å². The van der Waals surface area contributed by atoms with Gasteiger partial charge in [0, 0.05) is 35.3 Å². The zero-order valence-electron chi connectivity index (χ0n) is 35.6. The van der Waals surface area contributed by atoms with Gasteiger partial charge in [0.25, 0.3) is 0 Å². The van der Waals surface area contributed by atoms with Crippen LogP contribution in [0.1, 0.15) is 23.3 Å². The average molecular weight is 901 g/mol. The second-order valence-electron chi connectivity index (χ2n) is 14.6. The molecule has 15 heteroatoms. The third kappa shape index (κ3) is 10.4. The number of aromatic nitrogens is 2. The Balaban J connectivity index is 1.06. The van der Waals surface area contributed by atoms with E-state index in [1.807, 2.05) is 0 Å². The van der Waals surface area contributed by atoms with E-state index in [0.717, 1.165) is 0 Å². The van der Waals surface area contributed by atoms with Crippen molar-refractivity contribution in [2.75, 3.05) is 39.9 Å². The van der Waals surface area contributed by atoms with Crippen LogP contribution >= 0.6 is 0 Å². The molecule has 0 saturated heterocycles. The molecule has 0 fully saturated rings. The molecular formula is C50H42F2N2O10S. The van der Waals surface area contributed by atoms with Gasteiger partial charge >= 0.3 is 0 Å². The molecular weight excluding hydrogens is 859 g/mol. The number of hydrogen-bond donors (Lipinski definition) is 0. The molecule has 0 aliphatic heterocycles. The fraction of sp³-hybridized carbons (Fsp3) is 0.160. The SMILES string of the molecule is COc1cc2nccc(Oc3ccc(C(CS(=O)(=O)CC(Oc4ccc(F)cc4)c4ccc(Oc5ccnc6cc(OC)c(OC)cc56)cc4)Oc4ccc(F)cc4)cc3)c2cc1OC. The summed E-state index contributed by atoms with van der Waals surface area (Å²) in [6, 6.07) is 34.7. The molecule has 0 bridgehead atoms. The Morgan fingerprint density at radius 3 is 1.14 bits per heavy atom. The smallest absolute Gasteiger partial charge is 0.162 e. The zero-order chi connectivity index (χ0) is 45.5. The minimum Gasteiger partial charge on any atom is -0.493 e. The molecule has 12 nitrogen and oxygen atoms in total. The molecule has 8 aromatic rings. The highest BCUT2D eigenvalue weighted by Crippen LogP contribution is 2.39. The number of pyridine rings is 2. The molecule has 0 aliphatic carbocycles. The van der Waals surface area contributed by atoms with Crippen molar-refractivity contribution in [3.63, 3.8) is 0 Å². The van der Waals surface area contributed by atoms with Gasteiger partial charge in [0.2, 0.25) is 0 Å². The first-order valence-electron chi connectivity index (χ1n) is 20.1. The molecule has 0 amide bonds. The van der Waals surface area contributed by atoms with Crippen molar-refractivity contribution in [3.05, 3.63) is 169 Å². The number of methoxy groups -OCH3 is 4. The van der Waals surface area contributed by atoms with E-state index < -0.39 is 45.2 Å². The van der Waals surface area contributed by atoms with Crippen molar-refractivity contribution >= 4 is 31.6 Å². The van der Waals surface area contributed by atoms with E-state index in [0.29, 0.717) is 78.9 Å². The van der Waals surface area contributed by atoms with Crippen LogP contribution in [0.2, 0.25) is 0 Å². The predicted octanol–water partition coefficient (Wildman–Crippen LogP) is 11.0. The fourth-order valence-corrected chi connectivity index (χ4v) is 8.69. The number of rotatable bonds is 18. The molecule has 6 aromatic carbocycles. The molecule has 2 heterocycles. The number of halogens is 2. The van der Waals surface area contributed by atoms with E-state index in [4.69, 9.17) is 37.9 Å². The molecule has 2 aromatic heterocycles.